The highest BCUT2D eigenvalue weighted by atomic mass is 35.5. The Labute approximate surface area is 119 Å². The minimum Gasteiger partial charge on any atom is -0.383 e. The van der Waals surface area contributed by atoms with Crippen LogP contribution >= 0.6 is 22.9 Å². The maximum absolute atomic E-state index is 13.4. The van der Waals surface area contributed by atoms with Gasteiger partial charge in [-0.3, -0.25) is 0 Å². The summed E-state index contributed by atoms with van der Waals surface area (Å²) in [5, 5.41) is 12.9. The Hall–Kier alpha value is -1.08. The van der Waals surface area contributed by atoms with Crippen molar-refractivity contribution in [2.24, 2.45) is 0 Å². The molecule has 4 nitrogen and oxygen atoms in total. The van der Waals surface area contributed by atoms with Crippen LogP contribution in [-0.4, -0.2) is 30.5 Å². The van der Waals surface area contributed by atoms with E-state index in [9.17, 15) is 4.39 Å². The zero-order valence-corrected chi connectivity index (χ0v) is 11.9. The quantitative estimate of drug-likeness (QED) is 0.834. The summed E-state index contributed by atoms with van der Waals surface area (Å²) in [7, 11) is 1.65. The first-order chi connectivity index (χ1) is 9.20. The zero-order chi connectivity index (χ0) is 13.7. The Balaban J connectivity index is 2.01. The van der Waals surface area contributed by atoms with Crippen LogP contribution in [0.1, 0.15) is 5.01 Å². The van der Waals surface area contributed by atoms with E-state index in [0.29, 0.717) is 23.7 Å². The summed E-state index contributed by atoms with van der Waals surface area (Å²) in [4.78, 5) is 0. The van der Waals surface area contributed by atoms with Crippen molar-refractivity contribution < 1.29 is 9.13 Å². The Bertz CT molecular complexity index is 550. The van der Waals surface area contributed by atoms with Gasteiger partial charge in [0.15, 0.2) is 0 Å². The summed E-state index contributed by atoms with van der Waals surface area (Å²) in [5.74, 6) is -0.450. The van der Waals surface area contributed by atoms with E-state index in [0.717, 1.165) is 11.6 Å². The molecular formula is C12H13ClFN3OS. The van der Waals surface area contributed by atoms with Gasteiger partial charge in [-0.2, -0.15) is 0 Å². The molecule has 1 aromatic carbocycles. The molecule has 0 aliphatic rings. The van der Waals surface area contributed by atoms with Gasteiger partial charge in [0.2, 0.25) is 0 Å². The van der Waals surface area contributed by atoms with Gasteiger partial charge in [0.05, 0.1) is 11.6 Å². The molecule has 0 fully saturated rings. The molecule has 1 heterocycles. The highest BCUT2D eigenvalue weighted by Gasteiger charge is 2.08. The minimum atomic E-state index is -0.450. The SMILES string of the molecule is COCCNCc1nnc(-c2ccc(Cl)c(F)c2)s1. The van der Waals surface area contributed by atoms with Crippen LogP contribution in [0.25, 0.3) is 10.6 Å². The smallest absolute Gasteiger partial charge is 0.147 e. The number of nitrogens with one attached hydrogen (secondary N) is 1. The van der Waals surface area contributed by atoms with E-state index in [1.54, 1.807) is 13.2 Å². The zero-order valence-electron chi connectivity index (χ0n) is 10.3. The minimum absolute atomic E-state index is 0.106. The van der Waals surface area contributed by atoms with Crippen molar-refractivity contribution >= 4 is 22.9 Å². The van der Waals surface area contributed by atoms with E-state index in [-0.39, 0.29) is 5.02 Å². The standard InChI is InChI=1S/C12H13ClFN3OS/c1-18-5-4-15-7-11-16-17-12(19-11)8-2-3-9(13)10(14)6-8/h2-3,6,15H,4-5,7H2,1H3. The molecule has 2 aromatic rings. The van der Waals surface area contributed by atoms with Gasteiger partial charge in [-0.1, -0.05) is 29.0 Å². The van der Waals surface area contributed by atoms with E-state index in [4.69, 9.17) is 16.3 Å². The second-order valence-corrected chi connectivity index (χ2v) is 5.27. The molecule has 1 N–H and O–H groups in total. The molecule has 0 spiro atoms. The summed E-state index contributed by atoms with van der Waals surface area (Å²) in [5.41, 5.74) is 0.683. The van der Waals surface area contributed by atoms with E-state index in [1.807, 2.05) is 0 Å². The molecule has 0 bridgehead atoms. The summed E-state index contributed by atoms with van der Waals surface area (Å²) < 4.78 is 18.3. The fraction of sp³-hybridized carbons (Fsp3) is 0.333. The molecule has 102 valence electrons. The predicted molar refractivity (Wildman–Crippen MR) is 73.9 cm³/mol. The molecule has 0 amide bonds. The first-order valence-corrected chi connectivity index (χ1v) is 6.87. The maximum Gasteiger partial charge on any atom is 0.147 e. The summed E-state index contributed by atoms with van der Waals surface area (Å²) in [6.07, 6.45) is 0. The second kappa shape index (κ2) is 6.91. The number of aromatic nitrogens is 2. The van der Waals surface area contributed by atoms with Gasteiger partial charge in [0.1, 0.15) is 15.8 Å². The Morgan fingerprint density at radius 1 is 1.42 bits per heavy atom. The highest BCUT2D eigenvalue weighted by molar-refractivity contribution is 7.14. The molecular weight excluding hydrogens is 289 g/mol. The topological polar surface area (TPSA) is 47.0 Å². The highest BCUT2D eigenvalue weighted by Crippen LogP contribution is 2.26. The van der Waals surface area contributed by atoms with Gasteiger partial charge in [0, 0.05) is 25.8 Å². The third-order valence-corrected chi connectivity index (χ3v) is 3.67. The number of methoxy groups -OCH3 is 1. The third kappa shape index (κ3) is 3.94. The molecule has 0 saturated carbocycles. The number of ether oxygens (including phenoxy) is 1. The van der Waals surface area contributed by atoms with Crippen molar-refractivity contribution in [3.8, 4) is 10.6 Å². The van der Waals surface area contributed by atoms with Crippen LogP contribution in [0.4, 0.5) is 4.39 Å². The lowest BCUT2D eigenvalue weighted by Gasteiger charge is -1.99. The van der Waals surface area contributed by atoms with Gasteiger partial charge in [-0.05, 0) is 12.1 Å². The Kier molecular flexibility index (Phi) is 5.21. The second-order valence-electron chi connectivity index (χ2n) is 3.80. The molecule has 19 heavy (non-hydrogen) atoms. The lowest BCUT2D eigenvalue weighted by atomic mass is 10.2. The number of halogens is 2. The number of rotatable bonds is 6. The van der Waals surface area contributed by atoms with E-state index in [2.05, 4.69) is 15.5 Å². The lowest BCUT2D eigenvalue weighted by molar-refractivity contribution is 0.199. The van der Waals surface area contributed by atoms with Crippen LogP contribution in [0.5, 0.6) is 0 Å². The predicted octanol–water partition coefficient (Wildman–Crippen LogP) is 2.73. The molecule has 0 atom stereocenters. The number of benzene rings is 1. The summed E-state index contributed by atoms with van der Waals surface area (Å²) in [6, 6.07) is 4.61. The maximum atomic E-state index is 13.4. The normalized spacial score (nSPS) is 10.9. The van der Waals surface area contributed by atoms with Crippen LogP contribution in [0.3, 0.4) is 0 Å². The molecule has 7 heteroatoms. The van der Waals surface area contributed by atoms with Gasteiger partial charge >= 0.3 is 0 Å². The molecule has 1 aromatic heterocycles. The van der Waals surface area contributed by atoms with Gasteiger partial charge in [0.25, 0.3) is 0 Å². The van der Waals surface area contributed by atoms with Crippen LogP contribution in [0.15, 0.2) is 18.2 Å². The van der Waals surface area contributed by atoms with E-state index >= 15 is 0 Å². The van der Waals surface area contributed by atoms with E-state index in [1.165, 1.54) is 23.5 Å². The van der Waals surface area contributed by atoms with Gasteiger partial charge in [-0.25, -0.2) is 4.39 Å². The van der Waals surface area contributed by atoms with E-state index < -0.39 is 5.82 Å². The van der Waals surface area contributed by atoms with Crippen molar-refractivity contribution in [1.29, 1.82) is 0 Å². The van der Waals surface area contributed by atoms with Gasteiger partial charge < -0.3 is 10.1 Å². The average Bonchev–Trinajstić information content (AvgIpc) is 2.87. The molecule has 0 saturated heterocycles. The fourth-order valence-corrected chi connectivity index (χ4v) is 2.36. The molecule has 0 aliphatic carbocycles. The van der Waals surface area contributed by atoms with Gasteiger partial charge in [-0.15, -0.1) is 10.2 Å². The molecule has 0 aliphatic heterocycles. The van der Waals surface area contributed by atoms with Crippen LogP contribution < -0.4 is 5.32 Å². The number of nitrogens with zero attached hydrogens (tertiary/aromatic N) is 2. The van der Waals surface area contributed by atoms with Crippen molar-refractivity contribution in [1.82, 2.24) is 15.5 Å². The summed E-state index contributed by atoms with van der Waals surface area (Å²) >= 11 is 7.07. The third-order valence-electron chi connectivity index (χ3n) is 2.39. The molecule has 0 radical (unpaired) electrons. The lowest BCUT2D eigenvalue weighted by Crippen LogP contribution is -2.18. The van der Waals surface area contributed by atoms with Crippen LogP contribution in [0.2, 0.25) is 5.02 Å². The molecule has 2 rings (SSSR count). The van der Waals surface area contributed by atoms with Crippen molar-refractivity contribution in [3.05, 3.63) is 34.0 Å². The first kappa shape index (κ1) is 14.3. The van der Waals surface area contributed by atoms with Crippen molar-refractivity contribution in [2.45, 2.75) is 6.54 Å². The monoisotopic (exact) mass is 301 g/mol. The average molecular weight is 302 g/mol. The Morgan fingerprint density at radius 3 is 3.00 bits per heavy atom. The largest absolute Gasteiger partial charge is 0.383 e. The van der Waals surface area contributed by atoms with Crippen LogP contribution in [0, 0.1) is 5.82 Å². The summed E-state index contributed by atoms with van der Waals surface area (Å²) in [6.45, 7) is 2.02. The fourth-order valence-electron chi connectivity index (χ4n) is 1.44. The van der Waals surface area contributed by atoms with Crippen molar-refractivity contribution in [3.63, 3.8) is 0 Å². The Morgan fingerprint density at radius 2 is 2.26 bits per heavy atom. The van der Waals surface area contributed by atoms with Crippen LogP contribution in [-0.2, 0) is 11.3 Å². The number of hydrogen-bond acceptors (Lipinski definition) is 5. The number of hydrogen-bond donors (Lipinski definition) is 1. The first-order valence-electron chi connectivity index (χ1n) is 5.68. The molecule has 0 unspecified atom stereocenters. The van der Waals surface area contributed by atoms with Crippen molar-refractivity contribution in [2.75, 3.05) is 20.3 Å².